The second kappa shape index (κ2) is 4.13. The van der Waals surface area contributed by atoms with Crippen molar-refractivity contribution >= 4 is 21.6 Å². The fraction of sp³-hybridized carbons (Fsp3) is 0.417. The zero-order valence-corrected chi connectivity index (χ0v) is 9.74. The van der Waals surface area contributed by atoms with Crippen molar-refractivity contribution in [1.82, 2.24) is 4.98 Å². The van der Waals surface area contributed by atoms with Gasteiger partial charge in [0.1, 0.15) is 11.1 Å². The van der Waals surface area contributed by atoms with Gasteiger partial charge in [0, 0.05) is 6.54 Å². The minimum Gasteiger partial charge on any atom is -0.366 e. The topological polar surface area (TPSA) is 48.1 Å². The molecule has 2 unspecified atom stereocenters. The van der Waals surface area contributed by atoms with E-state index in [2.05, 4.69) is 11.1 Å². The lowest BCUT2D eigenvalue weighted by molar-refractivity contribution is 0.0498. The molecule has 0 saturated carbocycles. The van der Waals surface area contributed by atoms with Crippen LogP contribution in [-0.4, -0.2) is 17.6 Å². The summed E-state index contributed by atoms with van der Waals surface area (Å²) >= 11 is 1.73. The van der Waals surface area contributed by atoms with Crippen LogP contribution in [0.5, 0.6) is 0 Å². The fourth-order valence-electron chi connectivity index (χ4n) is 2.09. The van der Waals surface area contributed by atoms with E-state index in [1.54, 1.807) is 11.3 Å². The summed E-state index contributed by atoms with van der Waals surface area (Å²) in [6.45, 7) is 0.612. The molecule has 1 saturated heterocycles. The zero-order chi connectivity index (χ0) is 11.0. The predicted octanol–water partition coefficient (Wildman–Crippen LogP) is 2.48. The first-order valence-electron chi connectivity index (χ1n) is 5.58. The van der Waals surface area contributed by atoms with Crippen LogP contribution in [0.15, 0.2) is 24.3 Å². The number of ether oxygens (including phenoxy) is 1. The molecule has 1 aliphatic heterocycles. The average molecular weight is 234 g/mol. The smallest absolute Gasteiger partial charge is 0.123 e. The van der Waals surface area contributed by atoms with Gasteiger partial charge in [0.2, 0.25) is 0 Å². The molecule has 3 nitrogen and oxygen atoms in total. The van der Waals surface area contributed by atoms with Gasteiger partial charge >= 0.3 is 0 Å². The van der Waals surface area contributed by atoms with Crippen molar-refractivity contribution in [3.05, 3.63) is 29.3 Å². The largest absolute Gasteiger partial charge is 0.366 e. The summed E-state index contributed by atoms with van der Waals surface area (Å²) in [5, 5.41) is 1.09. The molecule has 1 aromatic heterocycles. The van der Waals surface area contributed by atoms with E-state index in [4.69, 9.17) is 10.5 Å². The van der Waals surface area contributed by atoms with E-state index in [-0.39, 0.29) is 12.2 Å². The highest BCUT2D eigenvalue weighted by Crippen LogP contribution is 2.36. The highest BCUT2D eigenvalue weighted by Gasteiger charge is 2.27. The van der Waals surface area contributed by atoms with Crippen LogP contribution in [0.25, 0.3) is 10.2 Å². The van der Waals surface area contributed by atoms with Gasteiger partial charge in [0.05, 0.1) is 16.3 Å². The molecule has 4 heteroatoms. The molecule has 2 N–H and O–H groups in total. The third-order valence-electron chi connectivity index (χ3n) is 2.96. The number of aromatic nitrogens is 1. The first-order valence-corrected chi connectivity index (χ1v) is 6.39. The highest BCUT2D eigenvalue weighted by atomic mass is 32.1. The minimum atomic E-state index is 0.158. The lowest BCUT2D eigenvalue weighted by Gasteiger charge is -2.08. The maximum atomic E-state index is 5.85. The first-order chi connectivity index (χ1) is 7.86. The van der Waals surface area contributed by atoms with Crippen molar-refractivity contribution in [2.45, 2.75) is 25.0 Å². The zero-order valence-electron chi connectivity index (χ0n) is 8.93. The summed E-state index contributed by atoms with van der Waals surface area (Å²) in [6.07, 6.45) is 2.47. The number of nitrogens with two attached hydrogens (primary N) is 1. The van der Waals surface area contributed by atoms with Gasteiger partial charge in [-0.1, -0.05) is 12.1 Å². The first kappa shape index (κ1) is 10.2. The molecule has 1 fully saturated rings. The third-order valence-corrected chi connectivity index (χ3v) is 4.08. The van der Waals surface area contributed by atoms with Gasteiger partial charge in [-0.2, -0.15) is 0 Å². The van der Waals surface area contributed by atoms with Crippen molar-refractivity contribution in [3.63, 3.8) is 0 Å². The Morgan fingerprint density at radius 3 is 3.00 bits per heavy atom. The number of para-hydroxylation sites is 1. The Hall–Kier alpha value is -0.970. The number of hydrogen-bond acceptors (Lipinski definition) is 4. The number of benzene rings is 1. The standard InChI is InChI=1S/C12H14N2OS/c13-7-8-5-6-10(15-8)12-14-9-3-1-2-4-11(9)16-12/h1-4,8,10H,5-7,13H2. The lowest BCUT2D eigenvalue weighted by atomic mass is 10.2. The van der Waals surface area contributed by atoms with Crippen LogP contribution < -0.4 is 5.73 Å². The summed E-state index contributed by atoms with van der Waals surface area (Å²) in [6, 6.07) is 8.21. The van der Waals surface area contributed by atoms with E-state index in [1.807, 2.05) is 18.2 Å². The summed E-state index contributed by atoms with van der Waals surface area (Å²) < 4.78 is 7.08. The molecule has 1 aliphatic rings. The Morgan fingerprint density at radius 2 is 2.25 bits per heavy atom. The third kappa shape index (κ3) is 1.73. The molecule has 1 aromatic carbocycles. The summed E-state index contributed by atoms with van der Waals surface area (Å²) in [5.41, 5.74) is 6.68. The molecule has 0 radical (unpaired) electrons. The SMILES string of the molecule is NCC1CCC(c2nc3ccccc3s2)O1. The molecule has 84 valence electrons. The van der Waals surface area contributed by atoms with Crippen LogP contribution in [0.2, 0.25) is 0 Å². The van der Waals surface area contributed by atoms with Gasteiger partial charge in [-0.15, -0.1) is 11.3 Å². The van der Waals surface area contributed by atoms with E-state index in [0.717, 1.165) is 23.4 Å². The van der Waals surface area contributed by atoms with Gasteiger partial charge in [-0.25, -0.2) is 4.98 Å². The van der Waals surface area contributed by atoms with Crippen molar-refractivity contribution in [2.24, 2.45) is 5.73 Å². The quantitative estimate of drug-likeness (QED) is 0.868. The van der Waals surface area contributed by atoms with Crippen LogP contribution in [0, 0.1) is 0 Å². The maximum Gasteiger partial charge on any atom is 0.123 e. The summed E-state index contributed by atoms with van der Waals surface area (Å²) in [5.74, 6) is 0. The van der Waals surface area contributed by atoms with Gasteiger partial charge in [-0.3, -0.25) is 0 Å². The Balaban J connectivity index is 1.89. The molecule has 16 heavy (non-hydrogen) atoms. The van der Waals surface area contributed by atoms with E-state index in [1.165, 1.54) is 4.70 Å². The molecule has 0 aliphatic carbocycles. The van der Waals surface area contributed by atoms with Crippen molar-refractivity contribution in [3.8, 4) is 0 Å². The molecule has 2 atom stereocenters. The molecule has 3 rings (SSSR count). The van der Waals surface area contributed by atoms with Crippen molar-refractivity contribution < 1.29 is 4.74 Å². The number of hydrogen-bond donors (Lipinski definition) is 1. The van der Waals surface area contributed by atoms with Gasteiger partial charge < -0.3 is 10.5 Å². The highest BCUT2D eigenvalue weighted by molar-refractivity contribution is 7.18. The molecule has 0 spiro atoms. The van der Waals surface area contributed by atoms with E-state index in [9.17, 15) is 0 Å². The number of nitrogens with zero attached hydrogens (tertiary/aromatic N) is 1. The van der Waals surface area contributed by atoms with E-state index in [0.29, 0.717) is 6.54 Å². The van der Waals surface area contributed by atoms with Gasteiger partial charge in [0.25, 0.3) is 0 Å². The van der Waals surface area contributed by atoms with Gasteiger partial charge in [-0.05, 0) is 25.0 Å². The normalized spacial score (nSPS) is 25.3. The molecular weight excluding hydrogens is 220 g/mol. The molecule has 0 amide bonds. The minimum absolute atomic E-state index is 0.158. The van der Waals surface area contributed by atoms with Crippen LogP contribution in [0.1, 0.15) is 24.0 Å². The molecule has 2 heterocycles. The van der Waals surface area contributed by atoms with E-state index < -0.39 is 0 Å². The van der Waals surface area contributed by atoms with Gasteiger partial charge in [0.15, 0.2) is 0 Å². The number of fused-ring (bicyclic) bond motifs is 1. The molecule has 0 bridgehead atoms. The molecular formula is C12H14N2OS. The Kier molecular flexibility index (Phi) is 2.63. The van der Waals surface area contributed by atoms with Crippen LogP contribution in [0.4, 0.5) is 0 Å². The maximum absolute atomic E-state index is 5.85. The summed E-state index contributed by atoms with van der Waals surface area (Å²) in [4.78, 5) is 4.62. The monoisotopic (exact) mass is 234 g/mol. The number of thiazole rings is 1. The Morgan fingerprint density at radius 1 is 1.38 bits per heavy atom. The fourth-order valence-corrected chi connectivity index (χ4v) is 3.13. The van der Waals surface area contributed by atoms with Crippen molar-refractivity contribution in [2.75, 3.05) is 6.54 Å². The van der Waals surface area contributed by atoms with Crippen LogP contribution >= 0.6 is 11.3 Å². The average Bonchev–Trinajstić information content (AvgIpc) is 2.95. The summed E-state index contributed by atoms with van der Waals surface area (Å²) in [7, 11) is 0. The Bertz CT molecular complexity index is 463. The van der Waals surface area contributed by atoms with Crippen LogP contribution in [-0.2, 0) is 4.74 Å². The lowest BCUT2D eigenvalue weighted by Crippen LogP contribution is -2.18. The number of rotatable bonds is 2. The van der Waals surface area contributed by atoms with E-state index >= 15 is 0 Å². The molecule has 2 aromatic rings. The van der Waals surface area contributed by atoms with Crippen molar-refractivity contribution in [1.29, 1.82) is 0 Å². The second-order valence-corrected chi connectivity index (χ2v) is 5.14. The second-order valence-electron chi connectivity index (χ2n) is 4.08. The Labute approximate surface area is 98.2 Å². The predicted molar refractivity (Wildman–Crippen MR) is 65.5 cm³/mol. The van der Waals surface area contributed by atoms with Crippen LogP contribution in [0.3, 0.4) is 0 Å².